The predicted octanol–water partition coefficient (Wildman–Crippen LogP) is 2.93. The summed E-state index contributed by atoms with van der Waals surface area (Å²) in [7, 11) is 0. The molecule has 0 spiro atoms. The lowest BCUT2D eigenvalue weighted by atomic mass is 10.2. The van der Waals surface area contributed by atoms with Crippen LogP contribution in [0.3, 0.4) is 0 Å². The minimum absolute atomic E-state index is 0.235. The van der Waals surface area contributed by atoms with E-state index in [1.807, 2.05) is 6.92 Å². The Balaban J connectivity index is 1.94. The van der Waals surface area contributed by atoms with Crippen molar-refractivity contribution in [2.45, 2.75) is 32.6 Å². The Bertz CT molecular complexity index is 442. The Labute approximate surface area is 106 Å². The van der Waals surface area contributed by atoms with E-state index in [0.29, 0.717) is 17.2 Å². The van der Waals surface area contributed by atoms with Crippen molar-refractivity contribution in [2.24, 2.45) is 0 Å². The number of halogens is 1. The summed E-state index contributed by atoms with van der Waals surface area (Å²) in [6.45, 7) is 2.66. The van der Waals surface area contributed by atoms with Crippen LogP contribution in [0.15, 0.2) is 11.6 Å². The van der Waals surface area contributed by atoms with Gasteiger partial charge in [0.2, 0.25) is 5.28 Å². The van der Waals surface area contributed by atoms with Crippen molar-refractivity contribution in [3.63, 3.8) is 0 Å². The van der Waals surface area contributed by atoms with E-state index in [4.69, 9.17) is 17.3 Å². The molecule has 1 aliphatic carbocycles. The topological polar surface area (TPSA) is 63.8 Å². The molecule has 0 atom stereocenters. The summed E-state index contributed by atoms with van der Waals surface area (Å²) in [6.07, 6.45) is 7.09. The molecule has 1 aliphatic rings. The molecule has 3 N–H and O–H groups in total. The average Bonchev–Trinajstić information content (AvgIpc) is 2.78. The second-order valence-electron chi connectivity index (χ2n) is 4.27. The first-order chi connectivity index (χ1) is 8.16. The SMILES string of the molecule is Cc1nc(Cl)nc(NCCC2=CCCC2)c1N. The van der Waals surface area contributed by atoms with Crippen LogP contribution in [0.4, 0.5) is 11.5 Å². The van der Waals surface area contributed by atoms with Crippen molar-refractivity contribution in [3.05, 3.63) is 22.6 Å². The van der Waals surface area contributed by atoms with Crippen LogP contribution in [0.1, 0.15) is 31.4 Å². The summed E-state index contributed by atoms with van der Waals surface area (Å²) in [5, 5.41) is 3.46. The van der Waals surface area contributed by atoms with Crippen molar-refractivity contribution in [3.8, 4) is 0 Å². The van der Waals surface area contributed by atoms with Gasteiger partial charge in [-0.1, -0.05) is 11.6 Å². The van der Waals surface area contributed by atoms with Crippen LogP contribution in [0.2, 0.25) is 5.28 Å². The summed E-state index contributed by atoms with van der Waals surface area (Å²) in [6, 6.07) is 0. The molecule has 0 radical (unpaired) electrons. The van der Waals surface area contributed by atoms with Crippen LogP contribution in [0.25, 0.3) is 0 Å². The fourth-order valence-electron chi connectivity index (χ4n) is 1.99. The molecule has 4 nitrogen and oxygen atoms in total. The molecule has 92 valence electrons. The van der Waals surface area contributed by atoms with Gasteiger partial charge in [-0.3, -0.25) is 0 Å². The second-order valence-corrected chi connectivity index (χ2v) is 4.61. The van der Waals surface area contributed by atoms with Gasteiger partial charge in [0.05, 0.1) is 11.4 Å². The first kappa shape index (κ1) is 12.2. The van der Waals surface area contributed by atoms with Gasteiger partial charge in [-0.25, -0.2) is 4.98 Å². The van der Waals surface area contributed by atoms with Gasteiger partial charge in [0, 0.05) is 6.54 Å². The summed E-state index contributed by atoms with van der Waals surface area (Å²) >= 11 is 5.80. The molecular formula is C12H17ClN4. The highest BCUT2D eigenvalue weighted by molar-refractivity contribution is 6.28. The van der Waals surface area contributed by atoms with Crippen LogP contribution in [-0.2, 0) is 0 Å². The van der Waals surface area contributed by atoms with Crippen molar-refractivity contribution < 1.29 is 0 Å². The first-order valence-electron chi connectivity index (χ1n) is 5.88. The number of hydrogen-bond donors (Lipinski definition) is 2. The zero-order valence-electron chi connectivity index (χ0n) is 9.96. The average molecular weight is 253 g/mol. The summed E-state index contributed by atoms with van der Waals surface area (Å²) in [4.78, 5) is 8.09. The Kier molecular flexibility index (Phi) is 3.84. The Morgan fingerprint density at radius 2 is 2.29 bits per heavy atom. The van der Waals surface area contributed by atoms with E-state index in [2.05, 4.69) is 21.4 Å². The summed E-state index contributed by atoms with van der Waals surface area (Å²) in [5.74, 6) is 0.640. The number of allylic oxidation sites excluding steroid dienone is 1. The quantitative estimate of drug-likeness (QED) is 0.639. The van der Waals surface area contributed by atoms with Crippen molar-refractivity contribution in [2.75, 3.05) is 17.6 Å². The Morgan fingerprint density at radius 3 is 3.00 bits per heavy atom. The third-order valence-electron chi connectivity index (χ3n) is 2.98. The van der Waals surface area contributed by atoms with Gasteiger partial charge in [-0.15, -0.1) is 0 Å². The Hall–Kier alpha value is -1.29. The molecule has 1 aromatic heterocycles. The number of nitrogen functional groups attached to an aromatic ring is 1. The second kappa shape index (κ2) is 5.36. The first-order valence-corrected chi connectivity index (χ1v) is 6.26. The van der Waals surface area contributed by atoms with Crippen LogP contribution < -0.4 is 11.1 Å². The number of aromatic nitrogens is 2. The molecule has 0 unspecified atom stereocenters. The molecule has 0 saturated heterocycles. The molecule has 0 bridgehead atoms. The maximum atomic E-state index is 5.88. The van der Waals surface area contributed by atoms with Crippen molar-refractivity contribution in [1.29, 1.82) is 0 Å². The van der Waals surface area contributed by atoms with Gasteiger partial charge in [0.15, 0.2) is 5.82 Å². The fraction of sp³-hybridized carbons (Fsp3) is 0.500. The van der Waals surface area contributed by atoms with E-state index >= 15 is 0 Å². The number of hydrogen-bond acceptors (Lipinski definition) is 4. The van der Waals surface area contributed by atoms with E-state index in [0.717, 1.165) is 13.0 Å². The number of rotatable bonds is 4. The molecular weight excluding hydrogens is 236 g/mol. The molecule has 0 fully saturated rings. The van der Waals surface area contributed by atoms with Gasteiger partial charge >= 0.3 is 0 Å². The van der Waals surface area contributed by atoms with E-state index in [1.54, 1.807) is 0 Å². The minimum Gasteiger partial charge on any atom is -0.394 e. The van der Waals surface area contributed by atoms with Gasteiger partial charge < -0.3 is 11.1 Å². The third-order valence-corrected chi connectivity index (χ3v) is 3.15. The van der Waals surface area contributed by atoms with E-state index < -0.39 is 0 Å². The number of aryl methyl sites for hydroxylation is 1. The normalized spacial score (nSPS) is 14.8. The fourth-order valence-corrected chi connectivity index (χ4v) is 2.20. The molecule has 5 heteroatoms. The molecule has 0 amide bonds. The van der Waals surface area contributed by atoms with Crippen molar-refractivity contribution in [1.82, 2.24) is 9.97 Å². The maximum Gasteiger partial charge on any atom is 0.224 e. The maximum absolute atomic E-state index is 5.88. The lowest BCUT2D eigenvalue weighted by Crippen LogP contribution is -2.09. The molecule has 1 heterocycles. The summed E-state index contributed by atoms with van der Waals surface area (Å²) in [5.41, 5.74) is 8.70. The monoisotopic (exact) mass is 252 g/mol. The number of nitrogens with zero attached hydrogens (tertiary/aromatic N) is 2. The number of anilines is 2. The third kappa shape index (κ3) is 3.09. The van der Waals surface area contributed by atoms with E-state index in [9.17, 15) is 0 Å². The largest absolute Gasteiger partial charge is 0.394 e. The zero-order valence-corrected chi connectivity index (χ0v) is 10.7. The molecule has 2 rings (SSSR count). The molecule has 1 aromatic rings. The highest BCUT2D eigenvalue weighted by Gasteiger charge is 2.08. The molecule has 17 heavy (non-hydrogen) atoms. The van der Waals surface area contributed by atoms with Crippen LogP contribution in [-0.4, -0.2) is 16.5 Å². The zero-order chi connectivity index (χ0) is 12.3. The number of nitrogens with one attached hydrogen (secondary N) is 1. The van der Waals surface area contributed by atoms with Crippen LogP contribution >= 0.6 is 11.6 Å². The lowest BCUT2D eigenvalue weighted by molar-refractivity contribution is 0.861. The highest BCUT2D eigenvalue weighted by atomic mass is 35.5. The predicted molar refractivity (Wildman–Crippen MR) is 71.2 cm³/mol. The van der Waals surface area contributed by atoms with Gasteiger partial charge in [-0.2, -0.15) is 4.98 Å². The molecule has 0 aliphatic heterocycles. The van der Waals surface area contributed by atoms with Crippen LogP contribution in [0, 0.1) is 6.92 Å². The summed E-state index contributed by atoms with van der Waals surface area (Å²) < 4.78 is 0. The smallest absolute Gasteiger partial charge is 0.224 e. The minimum atomic E-state index is 0.235. The molecule has 0 aromatic carbocycles. The van der Waals surface area contributed by atoms with E-state index in [1.165, 1.54) is 24.8 Å². The van der Waals surface area contributed by atoms with Gasteiger partial charge in [0.25, 0.3) is 0 Å². The van der Waals surface area contributed by atoms with Gasteiger partial charge in [0.1, 0.15) is 0 Å². The Morgan fingerprint density at radius 1 is 1.47 bits per heavy atom. The lowest BCUT2D eigenvalue weighted by Gasteiger charge is -2.10. The standard InChI is InChI=1S/C12H17ClN4/c1-8-10(14)11(17-12(13)16-8)15-7-6-9-4-2-3-5-9/h4H,2-3,5-7,14H2,1H3,(H,15,16,17). The van der Waals surface area contributed by atoms with Gasteiger partial charge in [-0.05, 0) is 44.2 Å². The molecule has 0 saturated carbocycles. The highest BCUT2D eigenvalue weighted by Crippen LogP contribution is 2.23. The van der Waals surface area contributed by atoms with Crippen LogP contribution in [0.5, 0.6) is 0 Å². The van der Waals surface area contributed by atoms with Crippen molar-refractivity contribution >= 4 is 23.1 Å². The van der Waals surface area contributed by atoms with E-state index in [-0.39, 0.29) is 5.28 Å². The number of nitrogens with two attached hydrogens (primary N) is 1.